The molecule has 8 heteroatoms. The van der Waals surface area contributed by atoms with Crippen molar-refractivity contribution in [3.8, 4) is 6.07 Å². The summed E-state index contributed by atoms with van der Waals surface area (Å²) >= 11 is 0. The lowest BCUT2D eigenvalue weighted by Crippen LogP contribution is -2.44. The maximum Gasteiger partial charge on any atom is 0.219 e. The molecule has 1 aromatic heterocycles. The molecule has 8 nitrogen and oxygen atoms in total. The zero-order valence-electron chi connectivity index (χ0n) is 23.0. The number of benzene rings is 1. The van der Waals surface area contributed by atoms with Gasteiger partial charge < -0.3 is 20.0 Å². The molecule has 38 heavy (non-hydrogen) atoms. The van der Waals surface area contributed by atoms with E-state index in [0.29, 0.717) is 18.2 Å². The van der Waals surface area contributed by atoms with Crippen LogP contribution in [0.1, 0.15) is 68.0 Å². The van der Waals surface area contributed by atoms with Crippen molar-refractivity contribution >= 4 is 17.4 Å². The highest BCUT2D eigenvalue weighted by Crippen LogP contribution is 2.40. The highest BCUT2D eigenvalue weighted by molar-refractivity contribution is 5.75. The van der Waals surface area contributed by atoms with Gasteiger partial charge in [-0.15, -0.1) is 0 Å². The molecule has 1 amide bonds. The van der Waals surface area contributed by atoms with Crippen LogP contribution in [0.5, 0.6) is 0 Å². The van der Waals surface area contributed by atoms with Crippen LogP contribution < -0.4 is 10.2 Å². The van der Waals surface area contributed by atoms with E-state index in [4.69, 9.17) is 5.10 Å². The highest BCUT2D eigenvalue weighted by Gasteiger charge is 2.34. The summed E-state index contributed by atoms with van der Waals surface area (Å²) in [7, 11) is 0. The third kappa shape index (κ3) is 4.83. The molecule has 2 atom stereocenters. The third-order valence-electron chi connectivity index (χ3n) is 9.45. The Morgan fingerprint density at radius 1 is 1.16 bits per heavy atom. The second-order valence-corrected chi connectivity index (χ2v) is 11.9. The van der Waals surface area contributed by atoms with E-state index < -0.39 is 0 Å². The number of nitrogens with one attached hydrogen (secondary N) is 1. The average molecular weight is 516 g/mol. The van der Waals surface area contributed by atoms with Gasteiger partial charge in [-0.05, 0) is 80.8 Å². The fourth-order valence-electron chi connectivity index (χ4n) is 7.12. The first-order valence-corrected chi connectivity index (χ1v) is 14.6. The number of nitrogens with zero attached hydrogens (tertiary/aromatic N) is 6. The Morgan fingerprint density at radius 2 is 2.00 bits per heavy atom. The first-order valence-electron chi connectivity index (χ1n) is 14.6. The van der Waals surface area contributed by atoms with Gasteiger partial charge in [0.1, 0.15) is 0 Å². The number of carbonyl (C=O) groups is 1. The van der Waals surface area contributed by atoms with Gasteiger partial charge in [-0.3, -0.25) is 9.48 Å². The summed E-state index contributed by atoms with van der Waals surface area (Å²) in [5, 5.41) is 18.3. The molecule has 0 spiro atoms. The maximum absolute atomic E-state index is 12.3. The number of nitriles is 1. The average Bonchev–Trinajstić information content (AvgIpc) is 3.32. The molecule has 4 aliphatic rings. The molecule has 0 unspecified atom stereocenters. The minimum absolute atomic E-state index is 0.132. The summed E-state index contributed by atoms with van der Waals surface area (Å²) in [5.74, 6) is 2.70. The van der Waals surface area contributed by atoms with E-state index in [1.165, 1.54) is 29.8 Å². The van der Waals surface area contributed by atoms with Crippen LogP contribution in [-0.2, 0) is 24.2 Å². The fraction of sp³-hybridized carbons (Fsp3) is 0.633. The Balaban J connectivity index is 1.26. The minimum Gasteiger partial charge on any atom is -0.338 e. The maximum atomic E-state index is 12.3. The molecule has 0 saturated carbocycles. The van der Waals surface area contributed by atoms with Crippen molar-refractivity contribution in [1.82, 2.24) is 24.9 Å². The van der Waals surface area contributed by atoms with E-state index in [1.54, 1.807) is 6.92 Å². The van der Waals surface area contributed by atoms with Crippen LogP contribution in [0.15, 0.2) is 18.2 Å². The zero-order chi connectivity index (χ0) is 26.2. The van der Waals surface area contributed by atoms with Crippen LogP contribution in [0, 0.1) is 23.2 Å². The van der Waals surface area contributed by atoms with Crippen LogP contribution >= 0.6 is 0 Å². The summed E-state index contributed by atoms with van der Waals surface area (Å²) in [6, 6.07) is 8.74. The number of anilines is 2. The molecule has 2 fully saturated rings. The number of amides is 1. The predicted octanol–water partition coefficient (Wildman–Crippen LogP) is 3.63. The number of aromatic nitrogens is 2. The Morgan fingerprint density at radius 3 is 2.76 bits per heavy atom. The van der Waals surface area contributed by atoms with Gasteiger partial charge >= 0.3 is 0 Å². The Hall–Kier alpha value is -2.89. The minimum atomic E-state index is 0.132. The number of piperidine rings is 2. The number of rotatable bonds is 4. The normalized spacial score (nSPS) is 24.6. The smallest absolute Gasteiger partial charge is 0.219 e. The lowest BCUT2D eigenvalue weighted by atomic mass is 9.87. The highest BCUT2D eigenvalue weighted by atomic mass is 16.2. The van der Waals surface area contributed by atoms with Gasteiger partial charge in [0.25, 0.3) is 0 Å². The van der Waals surface area contributed by atoms with Crippen molar-refractivity contribution in [2.75, 3.05) is 50.7 Å². The van der Waals surface area contributed by atoms with E-state index >= 15 is 0 Å². The Bertz CT molecular complexity index is 1220. The van der Waals surface area contributed by atoms with E-state index in [2.05, 4.69) is 38.9 Å². The van der Waals surface area contributed by atoms with Crippen LogP contribution in [0.4, 0.5) is 11.5 Å². The standard InChI is InChI=1S/C30H41N7O/c1-21-18-32-11-7-25(21)19-34-13-8-26(9-14-34)37-29-10-15-35(22(2)38)20-27(29)30(33-37)36-12-3-4-24-16-23(17-31)5-6-28(24)36/h5-6,16,21,25-26,32H,3-4,7-15,18-20H2,1-2H3/t21-,25-/m1/s1. The lowest BCUT2D eigenvalue weighted by molar-refractivity contribution is -0.129. The van der Waals surface area contributed by atoms with Crippen molar-refractivity contribution in [3.63, 3.8) is 0 Å². The number of carbonyl (C=O) groups excluding carboxylic acids is 1. The topological polar surface area (TPSA) is 80.4 Å². The van der Waals surface area contributed by atoms with Crippen molar-refractivity contribution < 1.29 is 4.79 Å². The quantitative estimate of drug-likeness (QED) is 0.670. The second kappa shape index (κ2) is 10.7. The molecule has 2 aromatic rings. The van der Waals surface area contributed by atoms with Gasteiger partial charge in [-0.1, -0.05) is 6.92 Å². The molecule has 6 rings (SSSR count). The molecule has 4 aliphatic heterocycles. The lowest BCUT2D eigenvalue weighted by Gasteiger charge is -2.38. The predicted molar refractivity (Wildman–Crippen MR) is 148 cm³/mol. The molecule has 0 aliphatic carbocycles. The number of fused-ring (bicyclic) bond motifs is 2. The van der Waals surface area contributed by atoms with Gasteiger partial charge in [0.15, 0.2) is 5.82 Å². The molecule has 0 radical (unpaired) electrons. The molecular weight excluding hydrogens is 474 g/mol. The van der Waals surface area contributed by atoms with Crippen molar-refractivity contribution in [2.45, 2.75) is 65.0 Å². The molecule has 5 heterocycles. The van der Waals surface area contributed by atoms with Crippen molar-refractivity contribution in [3.05, 3.63) is 40.6 Å². The van der Waals surface area contributed by atoms with E-state index in [-0.39, 0.29) is 5.91 Å². The van der Waals surface area contributed by atoms with Gasteiger partial charge in [0.2, 0.25) is 5.91 Å². The Kier molecular flexibility index (Phi) is 7.15. The number of hydrogen-bond donors (Lipinski definition) is 1. The van der Waals surface area contributed by atoms with Gasteiger partial charge in [0.05, 0.1) is 24.2 Å². The molecule has 2 saturated heterocycles. The molecule has 1 N–H and O–H groups in total. The van der Waals surface area contributed by atoms with E-state index in [1.807, 2.05) is 17.0 Å². The summed E-state index contributed by atoms with van der Waals surface area (Å²) in [6.07, 6.45) is 6.43. The van der Waals surface area contributed by atoms with E-state index in [9.17, 15) is 10.1 Å². The summed E-state index contributed by atoms with van der Waals surface area (Å²) in [6.45, 7) is 12.2. The molecule has 1 aromatic carbocycles. The Labute approximate surface area is 226 Å². The number of likely N-dealkylation sites (tertiary alicyclic amines) is 1. The van der Waals surface area contributed by atoms with Crippen LogP contribution in [0.3, 0.4) is 0 Å². The van der Waals surface area contributed by atoms with E-state index in [0.717, 1.165) is 94.7 Å². The first kappa shape index (κ1) is 25.4. The van der Waals surface area contributed by atoms with Crippen LogP contribution in [0.25, 0.3) is 0 Å². The monoisotopic (exact) mass is 515 g/mol. The molecular formula is C30H41N7O. The first-order chi connectivity index (χ1) is 18.5. The molecule has 202 valence electrons. The SMILES string of the molecule is CC(=O)N1CCc2c(c(N3CCCc4cc(C#N)ccc43)nn2C2CCN(C[C@H]3CCNC[C@H]3C)CC2)C1. The van der Waals surface area contributed by atoms with Gasteiger partial charge in [0, 0.05) is 63.0 Å². The largest absolute Gasteiger partial charge is 0.338 e. The fourth-order valence-corrected chi connectivity index (χ4v) is 7.12. The number of hydrogen-bond acceptors (Lipinski definition) is 6. The molecule has 0 bridgehead atoms. The summed E-state index contributed by atoms with van der Waals surface area (Å²) in [4.78, 5) is 19.3. The van der Waals surface area contributed by atoms with Gasteiger partial charge in [-0.2, -0.15) is 10.4 Å². The summed E-state index contributed by atoms with van der Waals surface area (Å²) < 4.78 is 2.35. The van der Waals surface area contributed by atoms with Crippen molar-refractivity contribution in [2.24, 2.45) is 11.8 Å². The zero-order valence-corrected chi connectivity index (χ0v) is 23.0. The van der Waals surface area contributed by atoms with Crippen LogP contribution in [-0.4, -0.2) is 71.3 Å². The van der Waals surface area contributed by atoms with Gasteiger partial charge in [-0.25, -0.2) is 0 Å². The third-order valence-corrected chi connectivity index (χ3v) is 9.45. The number of aryl methyl sites for hydroxylation is 1. The summed E-state index contributed by atoms with van der Waals surface area (Å²) in [5.41, 5.74) is 5.64. The second-order valence-electron chi connectivity index (χ2n) is 11.9. The van der Waals surface area contributed by atoms with Crippen LogP contribution in [0.2, 0.25) is 0 Å². The van der Waals surface area contributed by atoms with Crippen molar-refractivity contribution in [1.29, 1.82) is 5.26 Å².